The monoisotopic (exact) mass is 426 g/mol. The van der Waals surface area contributed by atoms with Gasteiger partial charge in [-0.2, -0.15) is 0 Å². The lowest BCUT2D eigenvalue weighted by atomic mass is 10.1. The van der Waals surface area contributed by atoms with Crippen molar-refractivity contribution in [1.82, 2.24) is 23.9 Å². The maximum Gasteiger partial charge on any atom is 0.412 e. The number of imidazole rings is 2. The number of aromatic nitrogens is 5. The number of fused-ring (bicyclic) bond motifs is 1. The Morgan fingerprint density at radius 1 is 1.23 bits per heavy atom. The number of alkyl halides is 2. The van der Waals surface area contributed by atoms with Gasteiger partial charge in [0.15, 0.2) is 0 Å². The summed E-state index contributed by atoms with van der Waals surface area (Å²) in [5, 5.41) is 2.62. The Bertz CT molecular complexity index is 1230. The van der Waals surface area contributed by atoms with Crippen LogP contribution in [0, 0.1) is 6.92 Å². The van der Waals surface area contributed by atoms with Crippen LogP contribution in [0.3, 0.4) is 0 Å². The van der Waals surface area contributed by atoms with Gasteiger partial charge in [-0.1, -0.05) is 6.07 Å². The third-order valence-electron chi connectivity index (χ3n) is 4.59. The van der Waals surface area contributed by atoms with Crippen LogP contribution >= 0.6 is 0 Å². The Hall–Kier alpha value is -3.82. The Balaban J connectivity index is 1.84. The molecule has 4 aromatic rings. The van der Waals surface area contributed by atoms with Crippen molar-refractivity contribution >= 4 is 17.6 Å². The van der Waals surface area contributed by atoms with Crippen molar-refractivity contribution < 1.29 is 18.3 Å². The van der Waals surface area contributed by atoms with Crippen LogP contribution in [0.2, 0.25) is 0 Å². The molecule has 1 amide bonds. The number of carbonyl (C=O) groups is 1. The number of hydrogen-bond donors (Lipinski definition) is 1. The van der Waals surface area contributed by atoms with Crippen LogP contribution in [0.15, 0.2) is 49.1 Å². The molecule has 0 fully saturated rings. The molecule has 4 heterocycles. The number of nitrogens with zero attached hydrogens (tertiary/aromatic N) is 5. The van der Waals surface area contributed by atoms with Crippen molar-refractivity contribution in [1.29, 1.82) is 0 Å². The van der Waals surface area contributed by atoms with E-state index in [9.17, 15) is 13.6 Å². The highest BCUT2D eigenvalue weighted by molar-refractivity contribution is 5.84. The summed E-state index contributed by atoms with van der Waals surface area (Å²) in [6.07, 6.45) is 1.43. The molecule has 0 radical (unpaired) electrons. The van der Waals surface area contributed by atoms with E-state index in [0.29, 0.717) is 34.1 Å². The second-order valence-corrected chi connectivity index (χ2v) is 6.78. The standard InChI is InChI=1S/C21H20F2N6O2/c1-3-31-21(30)27-18-9-24-17-8-7-14(10-29(17)18)20-19(15-6-4-5-13(2)26-15)25-12-28(20)11-16(22)23/h4-10,12,16H,3,11H2,1-2H3,(H,27,30). The molecule has 0 aliphatic carbocycles. The Morgan fingerprint density at radius 3 is 2.81 bits per heavy atom. The molecule has 0 bridgehead atoms. The van der Waals surface area contributed by atoms with Crippen LogP contribution in [-0.2, 0) is 11.3 Å². The van der Waals surface area contributed by atoms with Gasteiger partial charge >= 0.3 is 6.09 Å². The zero-order chi connectivity index (χ0) is 22.0. The Kier molecular flexibility index (Phi) is 5.61. The summed E-state index contributed by atoms with van der Waals surface area (Å²) in [6, 6.07) is 8.99. The smallest absolute Gasteiger partial charge is 0.412 e. The average Bonchev–Trinajstić information content (AvgIpc) is 3.31. The van der Waals surface area contributed by atoms with E-state index in [4.69, 9.17) is 4.74 Å². The summed E-state index contributed by atoms with van der Waals surface area (Å²) in [7, 11) is 0. The van der Waals surface area contributed by atoms with Gasteiger partial charge in [0.1, 0.15) is 17.2 Å². The van der Waals surface area contributed by atoms with E-state index in [-0.39, 0.29) is 6.61 Å². The van der Waals surface area contributed by atoms with Crippen LogP contribution < -0.4 is 5.32 Å². The molecule has 0 aromatic carbocycles. The number of halogens is 2. The number of aryl methyl sites for hydroxylation is 1. The van der Waals surface area contributed by atoms with Crippen LogP contribution in [0.1, 0.15) is 12.6 Å². The third kappa shape index (κ3) is 4.23. The molecule has 0 unspecified atom stereocenters. The van der Waals surface area contributed by atoms with Crippen LogP contribution in [0.4, 0.5) is 19.4 Å². The van der Waals surface area contributed by atoms with Crippen LogP contribution in [0.25, 0.3) is 28.3 Å². The third-order valence-corrected chi connectivity index (χ3v) is 4.59. The minimum atomic E-state index is -2.55. The summed E-state index contributed by atoms with van der Waals surface area (Å²) in [6.45, 7) is 3.28. The summed E-state index contributed by atoms with van der Waals surface area (Å²) < 4.78 is 34.4. The van der Waals surface area contributed by atoms with Crippen molar-refractivity contribution in [2.45, 2.75) is 26.8 Å². The number of amides is 1. The maximum atomic E-state index is 13.2. The molecular weight excluding hydrogens is 406 g/mol. The van der Waals surface area contributed by atoms with E-state index in [1.807, 2.05) is 19.1 Å². The number of hydrogen-bond acceptors (Lipinski definition) is 5. The Labute approximate surface area is 176 Å². The van der Waals surface area contributed by atoms with Crippen molar-refractivity contribution in [2.24, 2.45) is 0 Å². The lowest BCUT2D eigenvalue weighted by Crippen LogP contribution is -2.14. The SMILES string of the molecule is CCOC(=O)Nc1cnc2ccc(-c3c(-c4cccc(C)n4)ncn3CC(F)F)cn12. The molecule has 0 spiro atoms. The van der Waals surface area contributed by atoms with Gasteiger partial charge in [0, 0.05) is 17.5 Å². The van der Waals surface area contributed by atoms with Crippen LogP contribution in [0.5, 0.6) is 0 Å². The molecule has 0 saturated heterocycles. The number of pyridine rings is 2. The molecule has 31 heavy (non-hydrogen) atoms. The van der Waals surface area contributed by atoms with Gasteiger partial charge in [-0.25, -0.2) is 23.5 Å². The predicted octanol–water partition coefficient (Wildman–Crippen LogP) is 4.40. The van der Waals surface area contributed by atoms with E-state index in [1.54, 1.807) is 35.7 Å². The van der Waals surface area contributed by atoms with Gasteiger partial charge in [0.2, 0.25) is 0 Å². The molecule has 4 rings (SSSR count). The first-order valence-electron chi connectivity index (χ1n) is 9.65. The van der Waals surface area contributed by atoms with Gasteiger partial charge in [0.05, 0.1) is 37.1 Å². The van der Waals surface area contributed by atoms with Crippen molar-refractivity contribution in [2.75, 3.05) is 11.9 Å². The highest BCUT2D eigenvalue weighted by Crippen LogP contribution is 2.31. The molecule has 0 atom stereocenters. The minimum Gasteiger partial charge on any atom is -0.450 e. The van der Waals surface area contributed by atoms with E-state index in [1.165, 1.54) is 17.1 Å². The second-order valence-electron chi connectivity index (χ2n) is 6.78. The Morgan fingerprint density at radius 2 is 2.06 bits per heavy atom. The minimum absolute atomic E-state index is 0.230. The zero-order valence-corrected chi connectivity index (χ0v) is 16.9. The number of carbonyl (C=O) groups excluding carboxylic acids is 1. The van der Waals surface area contributed by atoms with E-state index >= 15 is 0 Å². The lowest BCUT2D eigenvalue weighted by molar-refractivity contribution is 0.127. The fraction of sp³-hybridized carbons (Fsp3) is 0.238. The summed E-state index contributed by atoms with van der Waals surface area (Å²) >= 11 is 0. The van der Waals surface area contributed by atoms with Gasteiger partial charge in [-0.05, 0) is 38.1 Å². The summed E-state index contributed by atoms with van der Waals surface area (Å²) in [4.78, 5) is 25.0. The van der Waals surface area contributed by atoms with Gasteiger partial charge in [-0.15, -0.1) is 0 Å². The second kappa shape index (κ2) is 8.50. The van der Waals surface area contributed by atoms with Gasteiger partial charge in [0.25, 0.3) is 6.43 Å². The molecule has 0 saturated carbocycles. The van der Waals surface area contributed by atoms with E-state index in [0.717, 1.165) is 5.69 Å². The quantitative estimate of drug-likeness (QED) is 0.494. The van der Waals surface area contributed by atoms with E-state index < -0.39 is 19.1 Å². The fourth-order valence-corrected chi connectivity index (χ4v) is 3.32. The summed E-state index contributed by atoms with van der Waals surface area (Å²) in [5.41, 5.74) is 3.55. The fourth-order valence-electron chi connectivity index (χ4n) is 3.32. The molecule has 8 nitrogen and oxygen atoms in total. The van der Waals surface area contributed by atoms with Crippen molar-refractivity contribution in [3.05, 3.63) is 54.7 Å². The van der Waals surface area contributed by atoms with Crippen LogP contribution in [-0.4, -0.2) is 43.0 Å². The first-order chi connectivity index (χ1) is 15.0. The topological polar surface area (TPSA) is 86.3 Å². The normalized spacial score (nSPS) is 11.3. The largest absolute Gasteiger partial charge is 0.450 e. The predicted molar refractivity (Wildman–Crippen MR) is 111 cm³/mol. The number of nitrogens with one attached hydrogen (secondary N) is 1. The molecular formula is C21H20F2N6O2. The zero-order valence-electron chi connectivity index (χ0n) is 16.9. The number of ether oxygens (including phenoxy) is 1. The van der Waals surface area contributed by atoms with Crippen molar-refractivity contribution in [3.8, 4) is 22.6 Å². The molecule has 4 aromatic heterocycles. The molecule has 0 aliphatic heterocycles. The highest BCUT2D eigenvalue weighted by atomic mass is 19.3. The summed E-state index contributed by atoms with van der Waals surface area (Å²) in [5.74, 6) is 0.394. The maximum absolute atomic E-state index is 13.2. The average molecular weight is 426 g/mol. The highest BCUT2D eigenvalue weighted by Gasteiger charge is 2.19. The van der Waals surface area contributed by atoms with E-state index in [2.05, 4.69) is 20.3 Å². The molecule has 1 N–H and O–H groups in total. The number of rotatable bonds is 6. The first-order valence-corrected chi connectivity index (χ1v) is 9.65. The van der Waals surface area contributed by atoms with Crippen molar-refractivity contribution in [3.63, 3.8) is 0 Å². The van der Waals surface area contributed by atoms with Gasteiger partial charge < -0.3 is 9.30 Å². The molecule has 0 aliphatic rings. The number of anilines is 1. The van der Waals surface area contributed by atoms with Gasteiger partial charge in [-0.3, -0.25) is 14.7 Å². The molecule has 160 valence electrons. The first kappa shape index (κ1) is 20.5. The lowest BCUT2D eigenvalue weighted by Gasteiger charge is -2.12. The molecule has 10 heteroatoms.